The van der Waals surface area contributed by atoms with Gasteiger partial charge in [-0.1, -0.05) is 12.1 Å². The molecule has 0 saturated carbocycles. The summed E-state index contributed by atoms with van der Waals surface area (Å²) in [4.78, 5) is 1.63. The van der Waals surface area contributed by atoms with E-state index in [2.05, 4.69) is 0 Å². The smallest absolute Gasteiger partial charge is 0.207 e. The number of alkyl halides is 1. The fraction of sp³-hybridized carbons (Fsp3) is 0.333. The molecule has 1 atom stereocenters. The third kappa shape index (κ3) is 2.63. The number of thiophene rings is 1. The zero-order valence-corrected chi connectivity index (χ0v) is 14.0. The summed E-state index contributed by atoms with van der Waals surface area (Å²) in [6, 6.07) is 8.74. The zero-order chi connectivity index (χ0) is 15.0. The maximum atomic E-state index is 12.8. The average molecular weight is 342 g/mol. The summed E-state index contributed by atoms with van der Waals surface area (Å²) in [6.07, 6.45) is 0.788. The predicted molar refractivity (Wildman–Crippen MR) is 86.3 cm³/mol. The Balaban J connectivity index is 1.95. The van der Waals surface area contributed by atoms with E-state index in [0.717, 1.165) is 17.5 Å². The van der Waals surface area contributed by atoms with Crippen LogP contribution < -0.4 is 0 Å². The largest absolute Gasteiger partial charge is 0.243 e. The van der Waals surface area contributed by atoms with Gasteiger partial charge in [0.2, 0.25) is 10.0 Å². The van der Waals surface area contributed by atoms with E-state index in [4.69, 9.17) is 11.6 Å². The van der Waals surface area contributed by atoms with E-state index in [1.165, 1.54) is 4.88 Å². The van der Waals surface area contributed by atoms with E-state index < -0.39 is 10.0 Å². The molecule has 1 aromatic carbocycles. The normalized spacial score (nSPS) is 19.4. The maximum Gasteiger partial charge on any atom is 0.243 e. The number of rotatable bonds is 3. The number of benzene rings is 1. The molecule has 0 amide bonds. The number of hydrogen-bond acceptors (Lipinski definition) is 3. The van der Waals surface area contributed by atoms with Crippen molar-refractivity contribution in [2.75, 3.05) is 6.54 Å². The number of halogens is 1. The summed E-state index contributed by atoms with van der Waals surface area (Å²) in [5.74, 6) is 0.388. The molecule has 1 unspecified atom stereocenters. The topological polar surface area (TPSA) is 37.4 Å². The fourth-order valence-electron chi connectivity index (χ4n) is 2.70. The van der Waals surface area contributed by atoms with E-state index in [1.54, 1.807) is 39.9 Å². The molecule has 112 valence electrons. The van der Waals surface area contributed by atoms with Crippen LogP contribution in [0.25, 0.3) is 0 Å². The van der Waals surface area contributed by atoms with Gasteiger partial charge in [0.15, 0.2) is 0 Å². The third-order valence-electron chi connectivity index (χ3n) is 3.91. The van der Waals surface area contributed by atoms with Crippen molar-refractivity contribution in [1.82, 2.24) is 4.31 Å². The van der Waals surface area contributed by atoms with Gasteiger partial charge in [0, 0.05) is 23.3 Å². The highest BCUT2D eigenvalue weighted by atomic mass is 35.5. The standard InChI is InChI=1S/C15H16ClNO2S2/c1-11-14-7-9-20-15(14)6-8-17(11)21(18,19)13-4-2-12(10-16)3-5-13/h2-5,7,9,11H,6,8,10H2,1H3. The molecule has 0 bridgehead atoms. The molecule has 0 N–H and O–H groups in total. The van der Waals surface area contributed by atoms with E-state index in [0.29, 0.717) is 17.3 Å². The van der Waals surface area contributed by atoms with Gasteiger partial charge in [-0.3, -0.25) is 0 Å². The molecule has 2 aromatic rings. The highest BCUT2D eigenvalue weighted by molar-refractivity contribution is 7.89. The first-order valence-electron chi connectivity index (χ1n) is 6.77. The van der Waals surface area contributed by atoms with E-state index in [9.17, 15) is 8.42 Å². The minimum atomic E-state index is -3.46. The van der Waals surface area contributed by atoms with Gasteiger partial charge >= 0.3 is 0 Å². The molecular formula is C15H16ClNO2S2. The molecule has 3 rings (SSSR count). The molecule has 21 heavy (non-hydrogen) atoms. The summed E-state index contributed by atoms with van der Waals surface area (Å²) in [5, 5.41) is 2.03. The summed E-state index contributed by atoms with van der Waals surface area (Å²) >= 11 is 7.46. The molecule has 1 aliphatic rings. The Morgan fingerprint density at radius 2 is 2.00 bits per heavy atom. The molecule has 0 radical (unpaired) electrons. The predicted octanol–water partition coefficient (Wildman–Crippen LogP) is 3.79. The first-order valence-corrected chi connectivity index (χ1v) is 9.62. The van der Waals surface area contributed by atoms with Crippen molar-refractivity contribution in [3.8, 4) is 0 Å². The highest BCUT2D eigenvalue weighted by Gasteiger charge is 2.34. The lowest BCUT2D eigenvalue weighted by Crippen LogP contribution is -2.38. The Labute approximate surface area is 134 Å². The molecule has 0 aliphatic carbocycles. The zero-order valence-electron chi connectivity index (χ0n) is 11.6. The lowest BCUT2D eigenvalue weighted by atomic mass is 10.0. The van der Waals surface area contributed by atoms with Crippen LogP contribution in [0, 0.1) is 0 Å². The van der Waals surface area contributed by atoms with Crippen LogP contribution in [0.1, 0.15) is 29.0 Å². The van der Waals surface area contributed by atoms with Crippen LogP contribution in [0.4, 0.5) is 0 Å². The van der Waals surface area contributed by atoms with Crippen LogP contribution in [0.2, 0.25) is 0 Å². The summed E-state index contributed by atoms with van der Waals surface area (Å²) in [5.41, 5.74) is 2.05. The average Bonchev–Trinajstić information content (AvgIpc) is 2.97. The van der Waals surface area contributed by atoms with Crippen molar-refractivity contribution in [3.63, 3.8) is 0 Å². The van der Waals surface area contributed by atoms with Crippen LogP contribution in [-0.2, 0) is 22.3 Å². The Morgan fingerprint density at radius 3 is 2.67 bits per heavy atom. The van der Waals surface area contributed by atoms with Crippen LogP contribution in [0.15, 0.2) is 40.6 Å². The minimum absolute atomic E-state index is 0.113. The Kier molecular flexibility index (Phi) is 4.10. The second-order valence-electron chi connectivity index (χ2n) is 5.12. The van der Waals surface area contributed by atoms with Gasteiger partial charge < -0.3 is 0 Å². The highest BCUT2D eigenvalue weighted by Crippen LogP contribution is 2.36. The van der Waals surface area contributed by atoms with Crippen LogP contribution in [0.5, 0.6) is 0 Å². The van der Waals surface area contributed by atoms with Crippen molar-refractivity contribution >= 4 is 33.0 Å². The number of nitrogens with zero attached hydrogens (tertiary/aromatic N) is 1. The molecular weight excluding hydrogens is 326 g/mol. The van der Waals surface area contributed by atoms with Gasteiger partial charge in [0.1, 0.15) is 0 Å². The molecule has 0 saturated heterocycles. The van der Waals surface area contributed by atoms with Crippen LogP contribution >= 0.6 is 22.9 Å². The maximum absolute atomic E-state index is 12.8. The van der Waals surface area contributed by atoms with Crippen molar-refractivity contribution in [3.05, 3.63) is 51.7 Å². The van der Waals surface area contributed by atoms with E-state index in [-0.39, 0.29) is 6.04 Å². The number of sulfonamides is 1. The molecule has 1 aliphatic heterocycles. The molecule has 0 fully saturated rings. The van der Waals surface area contributed by atoms with Crippen LogP contribution in [0.3, 0.4) is 0 Å². The minimum Gasteiger partial charge on any atom is -0.207 e. The Hall–Kier alpha value is -0.880. The van der Waals surface area contributed by atoms with E-state index >= 15 is 0 Å². The first-order chi connectivity index (χ1) is 10.0. The molecule has 0 spiro atoms. The van der Waals surface area contributed by atoms with Crippen molar-refractivity contribution in [1.29, 1.82) is 0 Å². The number of fused-ring (bicyclic) bond motifs is 1. The summed E-state index contributed by atoms with van der Waals surface area (Å²) < 4.78 is 27.2. The monoisotopic (exact) mass is 341 g/mol. The van der Waals surface area contributed by atoms with Crippen molar-refractivity contribution in [2.24, 2.45) is 0 Å². The molecule has 3 nitrogen and oxygen atoms in total. The third-order valence-corrected chi connectivity index (χ3v) is 7.19. The van der Waals surface area contributed by atoms with Gasteiger partial charge in [0.25, 0.3) is 0 Å². The van der Waals surface area contributed by atoms with Gasteiger partial charge in [-0.15, -0.1) is 22.9 Å². The number of hydrogen-bond donors (Lipinski definition) is 0. The second kappa shape index (κ2) is 5.72. The second-order valence-corrected chi connectivity index (χ2v) is 8.28. The summed E-state index contributed by atoms with van der Waals surface area (Å²) in [6.45, 7) is 2.49. The SMILES string of the molecule is CC1c2ccsc2CCN1S(=O)(=O)c1ccc(CCl)cc1. The van der Waals surface area contributed by atoms with Crippen molar-refractivity contribution < 1.29 is 8.42 Å². The van der Waals surface area contributed by atoms with Gasteiger partial charge in [0.05, 0.1) is 4.90 Å². The van der Waals surface area contributed by atoms with E-state index in [1.807, 2.05) is 18.4 Å². The Bertz CT molecular complexity index is 737. The summed E-state index contributed by atoms with van der Waals surface area (Å²) in [7, 11) is -3.46. The lowest BCUT2D eigenvalue weighted by molar-refractivity contribution is 0.329. The molecule has 1 aromatic heterocycles. The fourth-order valence-corrected chi connectivity index (χ4v) is 5.45. The van der Waals surface area contributed by atoms with Gasteiger partial charge in [-0.2, -0.15) is 4.31 Å². The van der Waals surface area contributed by atoms with Crippen LogP contribution in [-0.4, -0.2) is 19.3 Å². The molecule has 2 heterocycles. The first kappa shape index (κ1) is 15.0. The molecule has 6 heteroatoms. The van der Waals surface area contributed by atoms with Gasteiger partial charge in [-0.05, 0) is 48.1 Å². The Morgan fingerprint density at radius 1 is 1.29 bits per heavy atom. The van der Waals surface area contributed by atoms with Crippen molar-refractivity contribution in [2.45, 2.75) is 30.2 Å². The van der Waals surface area contributed by atoms with Gasteiger partial charge in [-0.25, -0.2) is 8.42 Å². The quantitative estimate of drug-likeness (QED) is 0.796. The lowest BCUT2D eigenvalue weighted by Gasteiger charge is -2.32.